The van der Waals surface area contributed by atoms with Crippen LogP contribution in [0, 0.1) is 17.3 Å². The van der Waals surface area contributed by atoms with Crippen molar-refractivity contribution in [2.75, 3.05) is 13.6 Å². The molecule has 2 aliphatic rings. The van der Waals surface area contributed by atoms with Crippen LogP contribution in [0.4, 0.5) is 0 Å². The van der Waals surface area contributed by atoms with Gasteiger partial charge in [-0.3, -0.25) is 0 Å². The molecular formula is C16H21Cl2N. The molecule has 2 fully saturated rings. The van der Waals surface area contributed by atoms with E-state index in [-0.39, 0.29) is 0 Å². The number of rotatable bonds is 4. The third-order valence-electron chi connectivity index (χ3n) is 5.17. The Morgan fingerprint density at radius 2 is 2.11 bits per heavy atom. The van der Waals surface area contributed by atoms with E-state index in [1.807, 2.05) is 12.1 Å². The maximum absolute atomic E-state index is 6.15. The Balaban J connectivity index is 1.84. The maximum Gasteiger partial charge on any atom is 0.0595 e. The quantitative estimate of drug-likeness (QED) is 0.859. The minimum atomic E-state index is 0.439. The predicted octanol–water partition coefficient (Wildman–Crippen LogP) is 4.56. The van der Waals surface area contributed by atoms with E-state index in [4.69, 9.17) is 23.2 Å². The summed E-state index contributed by atoms with van der Waals surface area (Å²) in [7, 11) is 2.07. The van der Waals surface area contributed by atoms with Crippen molar-refractivity contribution in [3.8, 4) is 0 Å². The monoisotopic (exact) mass is 297 g/mol. The first kappa shape index (κ1) is 13.7. The second-order valence-corrected chi connectivity index (χ2v) is 7.21. The van der Waals surface area contributed by atoms with Gasteiger partial charge in [0, 0.05) is 6.54 Å². The van der Waals surface area contributed by atoms with Gasteiger partial charge in [0.15, 0.2) is 0 Å². The van der Waals surface area contributed by atoms with Crippen molar-refractivity contribution in [1.82, 2.24) is 5.32 Å². The van der Waals surface area contributed by atoms with E-state index in [0.29, 0.717) is 15.5 Å². The van der Waals surface area contributed by atoms with Crippen LogP contribution in [0.25, 0.3) is 0 Å². The molecule has 1 aromatic rings. The summed E-state index contributed by atoms with van der Waals surface area (Å²) in [4.78, 5) is 0. The van der Waals surface area contributed by atoms with Crippen LogP contribution in [-0.2, 0) is 6.42 Å². The average molecular weight is 298 g/mol. The summed E-state index contributed by atoms with van der Waals surface area (Å²) >= 11 is 12.2. The van der Waals surface area contributed by atoms with Crippen LogP contribution in [0.1, 0.15) is 31.2 Å². The van der Waals surface area contributed by atoms with Crippen molar-refractivity contribution in [3.05, 3.63) is 33.8 Å². The molecule has 3 heteroatoms. The molecule has 2 aliphatic carbocycles. The highest BCUT2D eigenvalue weighted by atomic mass is 35.5. The first-order chi connectivity index (χ1) is 9.13. The van der Waals surface area contributed by atoms with Gasteiger partial charge in [0.05, 0.1) is 10.0 Å². The minimum Gasteiger partial charge on any atom is -0.319 e. The molecule has 1 aromatic carbocycles. The van der Waals surface area contributed by atoms with Crippen molar-refractivity contribution in [2.24, 2.45) is 17.3 Å². The number of hydrogen-bond donors (Lipinski definition) is 1. The van der Waals surface area contributed by atoms with Crippen molar-refractivity contribution in [3.63, 3.8) is 0 Å². The van der Waals surface area contributed by atoms with Gasteiger partial charge in [-0.2, -0.15) is 0 Å². The first-order valence-electron chi connectivity index (χ1n) is 7.21. The number of benzene rings is 1. The van der Waals surface area contributed by atoms with Gasteiger partial charge in [-0.1, -0.05) is 35.7 Å². The van der Waals surface area contributed by atoms with Crippen LogP contribution < -0.4 is 5.32 Å². The molecule has 0 radical (unpaired) electrons. The minimum absolute atomic E-state index is 0.439. The molecule has 104 valence electrons. The van der Waals surface area contributed by atoms with E-state index in [0.717, 1.165) is 24.8 Å². The summed E-state index contributed by atoms with van der Waals surface area (Å²) in [5.41, 5.74) is 1.77. The predicted molar refractivity (Wildman–Crippen MR) is 82.0 cm³/mol. The largest absolute Gasteiger partial charge is 0.319 e. The van der Waals surface area contributed by atoms with Crippen LogP contribution >= 0.6 is 23.2 Å². The first-order valence-corrected chi connectivity index (χ1v) is 7.97. The Morgan fingerprint density at radius 3 is 2.68 bits per heavy atom. The molecule has 1 N–H and O–H groups in total. The zero-order valence-electron chi connectivity index (χ0n) is 11.4. The number of halogens is 2. The van der Waals surface area contributed by atoms with Gasteiger partial charge in [0.1, 0.15) is 0 Å². The Morgan fingerprint density at radius 1 is 1.26 bits per heavy atom. The molecule has 3 rings (SSSR count). The van der Waals surface area contributed by atoms with Gasteiger partial charge in [-0.15, -0.1) is 0 Å². The van der Waals surface area contributed by atoms with Crippen molar-refractivity contribution in [1.29, 1.82) is 0 Å². The highest BCUT2D eigenvalue weighted by molar-refractivity contribution is 6.42. The molecule has 0 spiro atoms. The zero-order valence-corrected chi connectivity index (χ0v) is 12.9. The summed E-state index contributed by atoms with van der Waals surface area (Å²) in [6.45, 7) is 1.12. The Labute approximate surface area is 125 Å². The Kier molecular flexibility index (Phi) is 3.81. The van der Waals surface area contributed by atoms with Crippen LogP contribution in [0.3, 0.4) is 0 Å². The molecule has 0 aromatic heterocycles. The lowest BCUT2D eigenvalue weighted by Crippen LogP contribution is -2.39. The molecule has 1 nitrogen and oxygen atoms in total. The van der Waals surface area contributed by atoms with E-state index in [2.05, 4.69) is 18.4 Å². The van der Waals surface area contributed by atoms with E-state index < -0.39 is 0 Å². The van der Waals surface area contributed by atoms with Crippen LogP contribution in [0.15, 0.2) is 18.2 Å². The number of fused-ring (bicyclic) bond motifs is 2. The lowest BCUT2D eigenvalue weighted by atomic mass is 9.69. The SMILES string of the molecule is CNCC1(Cc2ccc(Cl)c(Cl)c2)CC2CCC1C2. The van der Waals surface area contributed by atoms with Crippen LogP contribution in [0.2, 0.25) is 10.0 Å². The third kappa shape index (κ3) is 2.53. The molecule has 3 unspecified atom stereocenters. The molecule has 0 saturated heterocycles. The lowest BCUT2D eigenvalue weighted by Gasteiger charge is -2.38. The second-order valence-electron chi connectivity index (χ2n) is 6.40. The highest BCUT2D eigenvalue weighted by Crippen LogP contribution is 2.57. The maximum atomic E-state index is 6.15. The second kappa shape index (κ2) is 5.27. The molecule has 2 saturated carbocycles. The van der Waals surface area contributed by atoms with Crippen molar-refractivity contribution >= 4 is 23.2 Å². The molecule has 0 aliphatic heterocycles. The van der Waals surface area contributed by atoms with Gasteiger partial charge in [-0.25, -0.2) is 0 Å². The van der Waals surface area contributed by atoms with Gasteiger partial charge in [0.25, 0.3) is 0 Å². The van der Waals surface area contributed by atoms with Gasteiger partial charge >= 0.3 is 0 Å². The average Bonchev–Trinajstić information content (AvgIpc) is 2.95. The van der Waals surface area contributed by atoms with Crippen molar-refractivity contribution in [2.45, 2.75) is 32.1 Å². The molecule has 2 bridgehead atoms. The molecular weight excluding hydrogens is 277 g/mol. The zero-order chi connectivity index (χ0) is 13.5. The molecule has 0 heterocycles. The fourth-order valence-electron chi connectivity index (χ4n) is 4.46. The fraction of sp³-hybridized carbons (Fsp3) is 0.625. The molecule has 19 heavy (non-hydrogen) atoms. The van der Waals surface area contributed by atoms with Gasteiger partial charge < -0.3 is 5.32 Å². The molecule has 3 atom stereocenters. The van der Waals surface area contributed by atoms with E-state index in [9.17, 15) is 0 Å². The van der Waals surface area contributed by atoms with Crippen molar-refractivity contribution < 1.29 is 0 Å². The standard InChI is InChI=1S/C16H21Cl2N/c1-19-10-16(8-11-2-4-13(16)6-11)9-12-3-5-14(17)15(18)7-12/h3,5,7,11,13,19H,2,4,6,8-10H2,1H3. The number of nitrogens with one attached hydrogen (secondary N) is 1. The molecule has 0 amide bonds. The Hall–Kier alpha value is -0.240. The number of hydrogen-bond acceptors (Lipinski definition) is 1. The summed E-state index contributed by atoms with van der Waals surface area (Å²) in [5.74, 6) is 1.85. The summed E-state index contributed by atoms with van der Waals surface area (Å²) in [6.07, 6.45) is 6.79. The van der Waals surface area contributed by atoms with Crippen LogP contribution in [-0.4, -0.2) is 13.6 Å². The van der Waals surface area contributed by atoms with Crippen LogP contribution in [0.5, 0.6) is 0 Å². The van der Waals surface area contributed by atoms with E-state index >= 15 is 0 Å². The van der Waals surface area contributed by atoms with E-state index in [1.165, 1.54) is 31.2 Å². The highest BCUT2D eigenvalue weighted by Gasteiger charge is 2.50. The lowest BCUT2D eigenvalue weighted by molar-refractivity contribution is 0.160. The smallest absolute Gasteiger partial charge is 0.0595 e. The third-order valence-corrected chi connectivity index (χ3v) is 5.91. The topological polar surface area (TPSA) is 12.0 Å². The Bertz CT molecular complexity index is 474. The summed E-state index contributed by atoms with van der Waals surface area (Å²) in [5, 5.41) is 4.76. The van der Waals surface area contributed by atoms with E-state index in [1.54, 1.807) is 0 Å². The normalized spacial score (nSPS) is 33.0. The fourth-order valence-corrected chi connectivity index (χ4v) is 4.78. The summed E-state index contributed by atoms with van der Waals surface area (Å²) in [6, 6.07) is 6.12. The summed E-state index contributed by atoms with van der Waals surface area (Å²) < 4.78 is 0. The van der Waals surface area contributed by atoms with Gasteiger partial charge in [0.2, 0.25) is 0 Å². The van der Waals surface area contributed by atoms with Gasteiger partial charge in [-0.05, 0) is 67.7 Å².